The summed E-state index contributed by atoms with van der Waals surface area (Å²) in [6.45, 7) is -3.28. The molecule has 21 heavy (non-hydrogen) atoms. The largest absolute Gasteiger partial charge is 0.856 e. The standard InChI is InChI=1S/C11H15N5O5/c1-15-3-16(8-5(15)9(20)14-11(12)13-8)10-7(19)6(18)4(2-17)21-10/h3-4,6-7,10,17-19H,2H2,1H3,(H2-,12,13,14,20)/t4-,6-,7-,10-/m1/s1/i1D3. The molecule has 0 aromatic carbocycles. The van der Waals surface area contributed by atoms with Gasteiger partial charge in [0.25, 0.3) is 5.95 Å². The molecule has 0 aliphatic carbocycles. The molecule has 1 fully saturated rings. The Bertz CT molecular complexity index is 781. The number of nitrogen functional groups attached to an aromatic ring is 1. The average molecular weight is 300 g/mol. The zero-order valence-corrected chi connectivity index (χ0v) is 10.6. The van der Waals surface area contributed by atoms with E-state index in [0.717, 1.165) is 10.9 Å². The van der Waals surface area contributed by atoms with Gasteiger partial charge in [-0.2, -0.15) is 0 Å². The summed E-state index contributed by atoms with van der Waals surface area (Å²) in [5.41, 5.74) is 4.93. The number of hydrogen-bond donors (Lipinski definition) is 4. The topological polar surface area (TPSA) is 154 Å². The highest BCUT2D eigenvalue weighted by molar-refractivity contribution is 5.73. The lowest BCUT2D eigenvalue weighted by Gasteiger charge is -2.12. The number of ether oxygens (including phenoxy) is 1. The van der Waals surface area contributed by atoms with E-state index < -0.39 is 44.0 Å². The van der Waals surface area contributed by atoms with Crippen LogP contribution < -0.4 is 15.4 Å². The van der Waals surface area contributed by atoms with Crippen LogP contribution in [0.1, 0.15) is 10.3 Å². The summed E-state index contributed by atoms with van der Waals surface area (Å²) in [5.74, 6) is -1.28. The van der Waals surface area contributed by atoms with Crippen molar-refractivity contribution in [2.24, 2.45) is 6.98 Å². The summed E-state index contributed by atoms with van der Waals surface area (Å²) in [6, 6.07) is 0. The fourth-order valence-electron chi connectivity index (χ4n) is 2.36. The molecular formula is C11H15N5O5. The van der Waals surface area contributed by atoms with Gasteiger partial charge < -0.3 is 30.9 Å². The van der Waals surface area contributed by atoms with Crippen molar-refractivity contribution in [3.05, 3.63) is 6.33 Å². The van der Waals surface area contributed by atoms with E-state index in [1.165, 1.54) is 0 Å². The Balaban J connectivity index is 2.22. The van der Waals surface area contributed by atoms with Crippen molar-refractivity contribution >= 4 is 17.1 Å². The molecule has 0 spiro atoms. The van der Waals surface area contributed by atoms with Crippen molar-refractivity contribution in [1.29, 1.82) is 0 Å². The van der Waals surface area contributed by atoms with Crippen molar-refractivity contribution in [2.45, 2.75) is 24.5 Å². The van der Waals surface area contributed by atoms with Gasteiger partial charge >= 0.3 is 5.65 Å². The van der Waals surface area contributed by atoms with E-state index in [0.29, 0.717) is 4.57 Å². The number of aromatic nitrogens is 4. The minimum atomic E-state index is -2.72. The van der Waals surface area contributed by atoms with Crippen molar-refractivity contribution in [2.75, 3.05) is 12.3 Å². The van der Waals surface area contributed by atoms with Crippen LogP contribution >= 0.6 is 0 Å². The van der Waals surface area contributed by atoms with E-state index in [9.17, 15) is 15.3 Å². The maximum Gasteiger partial charge on any atom is 0.309 e. The number of nitrogens with two attached hydrogens (primary N) is 1. The van der Waals surface area contributed by atoms with Gasteiger partial charge in [-0.3, -0.25) is 4.57 Å². The molecule has 1 saturated heterocycles. The van der Waals surface area contributed by atoms with Crippen molar-refractivity contribution in [1.82, 2.24) is 14.5 Å². The van der Waals surface area contributed by atoms with Crippen LogP contribution in [0, 0.1) is 0 Å². The zero-order chi connectivity index (χ0) is 17.8. The minimum absolute atomic E-state index is 0.168. The number of aliphatic hydroxyl groups is 3. The van der Waals surface area contributed by atoms with E-state index >= 15 is 0 Å². The molecule has 3 rings (SSSR count). The van der Waals surface area contributed by atoms with Crippen molar-refractivity contribution in [3.63, 3.8) is 0 Å². The summed E-state index contributed by atoms with van der Waals surface area (Å²) in [6.07, 6.45) is -4.21. The third-order valence-corrected chi connectivity index (χ3v) is 3.37. The van der Waals surface area contributed by atoms with Gasteiger partial charge in [0, 0.05) is 5.88 Å². The number of aliphatic hydroxyl groups excluding tert-OH is 3. The van der Waals surface area contributed by atoms with E-state index in [-0.39, 0.29) is 17.1 Å². The molecule has 2 aromatic rings. The quantitative estimate of drug-likeness (QED) is 0.417. The van der Waals surface area contributed by atoms with E-state index in [2.05, 4.69) is 9.97 Å². The Morgan fingerprint density at radius 3 is 2.90 bits per heavy atom. The van der Waals surface area contributed by atoms with Crippen molar-refractivity contribution in [3.8, 4) is 5.88 Å². The molecule has 3 heterocycles. The van der Waals surface area contributed by atoms with E-state index in [1.54, 1.807) is 0 Å². The molecule has 10 heteroatoms. The lowest BCUT2D eigenvalue weighted by atomic mass is 10.1. The van der Waals surface area contributed by atoms with Crippen LogP contribution in [0.25, 0.3) is 11.2 Å². The van der Waals surface area contributed by atoms with Crippen LogP contribution in [-0.2, 0) is 11.7 Å². The lowest BCUT2D eigenvalue weighted by Crippen LogP contribution is -2.46. The fourth-order valence-corrected chi connectivity index (χ4v) is 2.36. The Kier molecular flexibility index (Phi) is 2.43. The van der Waals surface area contributed by atoms with Gasteiger partial charge in [0.05, 0.1) is 17.7 Å². The Labute approximate surface area is 122 Å². The molecule has 2 aromatic heterocycles. The molecule has 0 amide bonds. The predicted octanol–water partition coefficient (Wildman–Crippen LogP) is -3.48. The second kappa shape index (κ2) is 4.77. The summed E-state index contributed by atoms with van der Waals surface area (Å²) in [5, 5.41) is 41.2. The van der Waals surface area contributed by atoms with Crippen LogP contribution in [0.5, 0.6) is 5.88 Å². The van der Waals surface area contributed by atoms with Crippen LogP contribution in [-0.4, -0.2) is 54.8 Å². The molecular weight excluding hydrogens is 282 g/mol. The van der Waals surface area contributed by atoms with Gasteiger partial charge in [0.2, 0.25) is 6.23 Å². The normalized spacial score (nSPS) is 32.0. The highest BCUT2D eigenvalue weighted by Crippen LogP contribution is 2.27. The zero-order valence-electron chi connectivity index (χ0n) is 13.6. The molecule has 10 nitrogen and oxygen atoms in total. The third-order valence-electron chi connectivity index (χ3n) is 3.37. The highest BCUT2D eigenvalue weighted by Gasteiger charge is 2.46. The number of rotatable bonds is 2. The molecule has 0 bridgehead atoms. The number of aryl methyl sites for hydroxylation is 1. The molecule has 1 aliphatic heterocycles. The van der Waals surface area contributed by atoms with Crippen LogP contribution in [0.3, 0.4) is 0 Å². The molecule has 5 N–H and O–H groups in total. The van der Waals surface area contributed by atoms with Gasteiger partial charge in [-0.1, -0.05) is 4.98 Å². The molecule has 0 radical (unpaired) electrons. The first-order chi connectivity index (χ1) is 11.1. The summed E-state index contributed by atoms with van der Waals surface area (Å²) >= 11 is 0. The number of nitrogens with zero attached hydrogens (tertiary/aromatic N) is 4. The number of fused-ring (bicyclic) bond motifs is 1. The van der Waals surface area contributed by atoms with Crippen molar-refractivity contribution < 1.29 is 33.8 Å². The Morgan fingerprint density at radius 1 is 1.52 bits per heavy atom. The van der Waals surface area contributed by atoms with E-state index in [4.69, 9.17) is 19.7 Å². The summed E-state index contributed by atoms with van der Waals surface area (Å²) in [4.78, 5) is 7.26. The molecule has 1 aliphatic rings. The van der Waals surface area contributed by atoms with E-state index in [1.807, 2.05) is 0 Å². The maximum atomic E-state index is 12.1. The maximum absolute atomic E-state index is 12.1. The highest BCUT2D eigenvalue weighted by atomic mass is 16.6. The molecule has 0 saturated carbocycles. The lowest BCUT2D eigenvalue weighted by molar-refractivity contribution is -0.745. The molecule has 0 unspecified atom stereocenters. The third kappa shape index (κ3) is 2.00. The molecule has 4 atom stereocenters. The fraction of sp³-hybridized carbons (Fsp3) is 0.545. The van der Waals surface area contributed by atoms with Gasteiger partial charge in [-0.15, -0.1) is 0 Å². The van der Waals surface area contributed by atoms with Gasteiger partial charge in [0.1, 0.15) is 18.3 Å². The monoisotopic (exact) mass is 300 g/mol. The van der Waals surface area contributed by atoms with Gasteiger partial charge in [-0.25, -0.2) is 9.55 Å². The second-order valence-corrected chi connectivity index (χ2v) is 4.68. The van der Waals surface area contributed by atoms with Crippen LogP contribution in [0.4, 0.5) is 5.95 Å². The number of anilines is 1. The Morgan fingerprint density at radius 2 is 2.29 bits per heavy atom. The number of imidazole rings is 1. The summed E-state index contributed by atoms with van der Waals surface area (Å²) < 4.78 is 29.6. The van der Waals surface area contributed by atoms with Gasteiger partial charge in [-0.05, 0) is 0 Å². The SMILES string of the molecule is [2H]C([2H])([2H])n1c[n+]([C@@H]2O[C@H](CO)[C@@H](O)[C@H]2O)c2nc(N)nc([O-])c21. The minimum Gasteiger partial charge on any atom is -0.856 e. The molecule has 114 valence electrons. The Hall–Kier alpha value is -2.01. The smallest absolute Gasteiger partial charge is 0.309 e. The second-order valence-electron chi connectivity index (χ2n) is 4.68. The van der Waals surface area contributed by atoms with Crippen LogP contribution in [0.15, 0.2) is 6.33 Å². The predicted molar refractivity (Wildman–Crippen MR) is 65.6 cm³/mol. The van der Waals surface area contributed by atoms with Crippen LogP contribution in [0.2, 0.25) is 0 Å². The first-order valence-corrected chi connectivity index (χ1v) is 6.04. The average Bonchev–Trinajstić information content (AvgIpc) is 2.98. The number of hydrogen-bond acceptors (Lipinski definition) is 8. The van der Waals surface area contributed by atoms with Gasteiger partial charge in [0.15, 0.2) is 11.8 Å². The first kappa shape index (κ1) is 10.7. The summed E-state index contributed by atoms with van der Waals surface area (Å²) in [7, 11) is 0. The first-order valence-electron chi connectivity index (χ1n) is 7.54.